The molecule has 122 valence electrons. The van der Waals surface area contributed by atoms with Crippen molar-refractivity contribution in [2.24, 2.45) is 0 Å². The Morgan fingerprint density at radius 3 is 2.42 bits per heavy atom. The maximum absolute atomic E-state index is 13.1. The van der Waals surface area contributed by atoms with E-state index in [9.17, 15) is 14.3 Å². The van der Waals surface area contributed by atoms with Gasteiger partial charge in [0.25, 0.3) is 0 Å². The molecule has 1 heterocycles. The first-order valence-corrected chi connectivity index (χ1v) is 7.65. The van der Waals surface area contributed by atoms with Crippen molar-refractivity contribution in [3.05, 3.63) is 74.9 Å². The van der Waals surface area contributed by atoms with Gasteiger partial charge in [-0.15, -0.1) is 0 Å². The Labute approximate surface area is 143 Å². The summed E-state index contributed by atoms with van der Waals surface area (Å²) in [5, 5.41) is 11.0. The zero-order chi connectivity index (χ0) is 17.4. The van der Waals surface area contributed by atoms with Crippen molar-refractivity contribution < 1.29 is 13.9 Å². The quantitative estimate of drug-likeness (QED) is 0.704. The maximum Gasteiger partial charge on any atom is 0.347 e. The third-order valence-corrected chi connectivity index (χ3v) is 4.14. The lowest BCUT2D eigenvalue weighted by Gasteiger charge is -2.12. The molecule has 0 amide bonds. The second-order valence-corrected chi connectivity index (χ2v) is 5.97. The molecular formula is C19H14ClFO3. The van der Waals surface area contributed by atoms with E-state index in [0.717, 1.165) is 5.56 Å². The van der Waals surface area contributed by atoms with Crippen LogP contribution in [0.2, 0.25) is 5.02 Å². The highest BCUT2D eigenvalue weighted by Gasteiger charge is 2.20. The van der Waals surface area contributed by atoms with Crippen LogP contribution in [-0.2, 0) is 0 Å². The van der Waals surface area contributed by atoms with Crippen LogP contribution in [-0.4, -0.2) is 5.11 Å². The standard InChI is InChI=1S/C19H14ClFO3/c1-10-3-6-13(20)9-15(10)16-17(22)11(2)18(24-19(16)23)12-4-7-14(21)8-5-12/h3-9,22H,1-2H3. The fourth-order valence-corrected chi connectivity index (χ4v) is 2.76. The number of rotatable bonds is 2. The van der Waals surface area contributed by atoms with E-state index in [0.29, 0.717) is 21.7 Å². The lowest BCUT2D eigenvalue weighted by atomic mass is 9.98. The third-order valence-electron chi connectivity index (χ3n) is 3.91. The van der Waals surface area contributed by atoms with Gasteiger partial charge < -0.3 is 9.52 Å². The van der Waals surface area contributed by atoms with E-state index in [1.54, 1.807) is 25.1 Å². The number of aryl methyl sites for hydroxylation is 1. The van der Waals surface area contributed by atoms with Crippen LogP contribution in [0.4, 0.5) is 4.39 Å². The van der Waals surface area contributed by atoms with Crippen LogP contribution >= 0.6 is 11.6 Å². The molecule has 0 fully saturated rings. The average molecular weight is 345 g/mol. The van der Waals surface area contributed by atoms with Gasteiger partial charge in [-0.1, -0.05) is 17.7 Å². The maximum atomic E-state index is 13.1. The van der Waals surface area contributed by atoms with Crippen molar-refractivity contribution in [1.82, 2.24) is 0 Å². The third kappa shape index (κ3) is 2.81. The number of benzene rings is 2. The van der Waals surface area contributed by atoms with Crippen LogP contribution in [0.1, 0.15) is 11.1 Å². The summed E-state index contributed by atoms with van der Waals surface area (Å²) in [6.07, 6.45) is 0. The lowest BCUT2D eigenvalue weighted by Crippen LogP contribution is -2.07. The Hall–Kier alpha value is -2.59. The van der Waals surface area contributed by atoms with Gasteiger partial charge >= 0.3 is 5.63 Å². The van der Waals surface area contributed by atoms with Crippen molar-refractivity contribution in [1.29, 1.82) is 0 Å². The van der Waals surface area contributed by atoms with Crippen molar-refractivity contribution in [2.45, 2.75) is 13.8 Å². The van der Waals surface area contributed by atoms with Crippen molar-refractivity contribution in [2.75, 3.05) is 0 Å². The molecule has 0 unspecified atom stereocenters. The summed E-state index contributed by atoms with van der Waals surface area (Å²) in [6.45, 7) is 3.45. The number of hydrogen-bond acceptors (Lipinski definition) is 3. The van der Waals surface area contributed by atoms with Crippen molar-refractivity contribution in [3.8, 4) is 28.2 Å². The number of halogens is 2. The van der Waals surface area contributed by atoms with Crippen LogP contribution in [0.25, 0.3) is 22.5 Å². The molecule has 2 aromatic carbocycles. The fraction of sp³-hybridized carbons (Fsp3) is 0.105. The van der Waals surface area contributed by atoms with Crippen molar-refractivity contribution >= 4 is 11.6 Å². The summed E-state index contributed by atoms with van der Waals surface area (Å²) in [5.41, 5.74) is 1.60. The molecule has 0 aliphatic carbocycles. The van der Waals surface area contributed by atoms with Gasteiger partial charge in [0, 0.05) is 16.1 Å². The molecule has 0 saturated heterocycles. The van der Waals surface area contributed by atoms with E-state index in [1.165, 1.54) is 24.3 Å². The Morgan fingerprint density at radius 1 is 1.08 bits per heavy atom. The highest BCUT2D eigenvalue weighted by Crippen LogP contribution is 2.37. The first-order chi connectivity index (χ1) is 11.4. The molecule has 5 heteroatoms. The first kappa shape index (κ1) is 16.3. The summed E-state index contributed by atoms with van der Waals surface area (Å²) < 4.78 is 18.5. The predicted octanol–water partition coefficient (Wildman–Crippen LogP) is 5.09. The molecule has 3 aromatic rings. The second kappa shape index (κ2) is 6.13. The highest BCUT2D eigenvalue weighted by molar-refractivity contribution is 6.30. The van der Waals surface area contributed by atoms with Crippen LogP contribution in [0, 0.1) is 19.7 Å². The molecule has 3 nitrogen and oxygen atoms in total. The molecule has 1 aromatic heterocycles. The number of hydrogen-bond donors (Lipinski definition) is 1. The first-order valence-electron chi connectivity index (χ1n) is 7.27. The summed E-state index contributed by atoms with van der Waals surface area (Å²) in [6, 6.07) is 10.6. The summed E-state index contributed by atoms with van der Waals surface area (Å²) in [5.74, 6) is -0.356. The van der Waals surface area contributed by atoms with E-state index in [2.05, 4.69) is 0 Å². The Balaban J connectivity index is 2.25. The van der Waals surface area contributed by atoms with Gasteiger partial charge in [-0.3, -0.25) is 0 Å². The Kier molecular flexibility index (Phi) is 4.16. The monoisotopic (exact) mass is 344 g/mol. The van der Waals surface area contributed by atoms with Gasteiger partial charge in [0.15, 0.2) is 0 Å². The van der Waals surface area contributed by atoms with Crippen LogP contribution in [0.3, 0.4) is 0 Å². The second-order valence-electron chi connectivity index (χ2n) is 5.53. The SMILES string of the molecule is Cc1ccc(Cl)cc1-c1c(O)c(C)c(-c2ccc(F)cc2)oc1=O. The molecule has 24 heavy (non-hydrogen) atoms. The smallest absolute Gasteiger partial charge is 0.347 e. The molecule has 0 aliphatic heterocycles. The van der Waals surface area contributed by atoms with Crippen molar-refractivity contribution in [3.63, 3.8) is 0 Å². The normalized spacial score (nSPS) is 10.8. The lowest BCUT2D eigenvalue weighted by molar-refractivity contribution is 0.450. The fourth-order valence-electron chi connectivity index (χ4n) is 2.59. The minimum Gasteiger partial charge on any atom is -0.507 e. The highest BCUT2D eigenvalue weighted by atomic mass is 35.5. The van der Waals surface area contributed by atoms with E-state index >= 15 is 0 Å². The summed E-state index contributed by atoms with van der Waals surface area (Å²) in [7, 11) is 0. The molecule has 0 bridgehead atoms. The minimum absolute atomic E-state index is 0.0679. The van der Waals surface area contributed by atoms with E-state index in [4.69, 9.17) is 16.0 Å². The number of aromatic hydroxyl groups is 1. The zero-order valence-electron chi connectivity index (χ0n) is 13.1. The van der Waals surface area contributed by atoms with E-state index in [1.807, 2.05) is 6.92 Å². The van der Waals surface area contributed by atoms with Crippen LogP contribution < -0.4 is 5.63 Å². The Morgan fingerprint density at radius 2 is 1.75 bits per heavy atom. The summed E-state index contributed by atoms with van der Waals surface area (Å²) in [4.78, 5) is 12.5. The molecule has 0 atom stereocenters. The van der Waals surface area contributed by atoms with Crippen LogP contribution in [0.15, 0.2) is 51.7 Å². The van der Waals surface area contributed by atoms with Gasteiger partial charge in [-0.25, -0.2) is 9.18 Å². The van der Waals surface area contributed by atoms with E-state index < -0.39 is 11.4 Å². The molecular weight excluding hydrogens is 331 g/mol. The topological polar surface area (TPSA) is 50.4 Å². The van der Waals surface area contributed by atoms with Gasteiger partial charge in [0.2, 0.25) is 0 Å². The molecule has 0 saturated carbocycles. The van der Waals surface area contributed by atoms with Crippen LogP contribution in [0.5, 0.6) is 5.75 Å². The molecule has 0 spiro atoms. The van der Waals surface area contributed by atoms with E-state index in [-0.39, 0.29) is 17.1 Å². The van der Waals surface area contributed by atoms with Gasteiger partial charge in [-0.05, 0) is 61.4 Å². The molecule has 1 N–H and O–H groups in total. The largest absolute Gasteiger partial charge is 0.507 e. The average Bonchev–Trinajstić information content (AvgIpc) is 2.55. The van der Waals surface area contributed by atoms with Gasteiger partial charge in [-0.2, -0.15) is 0 Å². The minimum atomic E-state index is -0.678. The molecule has 3 rings (SSSR count). The predicted molar refractivity (Wildman–Crippen MR) is 92.0 cm³/mol. The van der Waals surface area contributed by atoms with Gasteiger partial charge in [0.05, 0.1) is 0 Å². The molecule has 0 radical (unpaired) electrons. The molecule has 0 aliphatic rings. The Bertz CT molecular complexity index is 975. The summed E-state index contributed by atoms with van der Waals surface area (Å²) >= 11 is 6.00. The zero-order valence-corrected chi connectivity index (χ0v) is 13.8. The van der Waals surface area contributed by atoms with Gasteiger partial charge in [0.1, 0.15) is 22.9 Å².